The summed E-state index contributed by atoms with van der Waals surface area (Å²) in [6, 6.07) is 13.7. The van der Waals surface area contributed by atoms with E-state index in [-0.39, 0.29) is 11.3 Å². The second-order valence-corrected chi connectivity index (χ2v) is 6.18. The van der Waals surface area contributed by atoms with Gasteiger partial charge in [-0.05, 0) is 29.7 Å². The lowest BCUT2D eigenvalue weighted by Crippen LogP contribution is -2.39. The monoisotopic (exact) mass is 285 g/mol. The van der Waals surface area contributed by atoms with Crippen LogP contribution in [0.3, 0.4) is 0 Å². The summed E-state index contributed by atoms with van der Waals surface area (Å²) in [6.07, 6.45) is 0. The van der Waals surface area contributed by atoms with E-state index in [1.807, 2.05) is 49.5 Å². The topological polar surface area (TPSA) is 62.1 Å². The predicted octanol–water partition coefficient (Wildman–Crippen LogP) is 2.74. The van der Waals surface area contributed by atoms with Gasteiger partial charge in [-0.15, -0.1) is 0 Å². The van der Waals surface area contributed by atoms with Crippen LogP contribution in [0.2, 0.25) is 0 Å². The van der Waals surface area contributed by atoms with E-state index in [4.69, 9.17) is 5.73 Å². The van der Waals surface area contributed by atoms with Crippen molar-refractivity contribution >= 4 is 5.91 Å². The van der Waals surface area contributed by atoms with Gasteiger partial charge in [0.25, 0.3) is 5.91 Å². The molecule has 0 bridgehead atoms. The third kappa shape index (κ3) is 3.73. The standard InChI is InChI=1S/C17H23N3O/c1-17(2,11-18)12-20(3)16(21)15-10-9-14(19-15)13-7-5-4-6-8-13/h4-10,19H,11-12,18H2,1-3H3. The van der Waals surface area contributed by atoms with Crippen molar-refractivity contribution in [3.8, 4) is 11.3 Å². The van der Waals surface area contributed by atoms with E-state index in [1.54, 1.807) is 4.90 Å². The molecule has 4 nitrogen and oxygen atoms in total. The molecule has 0 aliphatic rings. The van der Waals surface area contributed by atoms with E-state index in [1.165, 1.54) is 0 Å². The Kier molecular flexibility index (Phi) is 4.48. The molecule has 0 radical (unpaired) electrons. The van der Waals surface area contributed by atoms with Crippen LogP contribution in [0.1, 0.15) is 24.3 Å². The zero-order valence-electron chi connectivity index (χ0n) is 12.9. The molecule has 0 aliphatic carbocycles. The number of aromatic amines is 1. The number of rotatable bonds is 5. The second kappa shape index (κ2) is 6.14. The summed E-state index contributed by atoms with van der Waals surface area (Å²) >= 11 is 0. The smallest absolute Gasteiger partial charge is 0.270 e. The number of nitrogens with zero attached hydrogens (tertiary/aromatic N) is 1. The number of hydrogen-bond acceptors (Lipinski definition) is 2. The third-order valence-corrected chi connectivity index (χ3v) is 3.57. The summed E-state index contributed by atoms with van der Waals surface area (Å²) < 4.78 is 0. The van der Waals surface area contributed by atoms with E-state index in [2.05, 4.69) is 18.8 Å². The number of benzene rings is 1. The van der Waals surface area contributed by atoms with Crippen molar-refractivity contribution in [1.29, 1.82) is 0 Å². The average molecular weight is 285 g/mol. The van der Waals surface area contributed by atoms with E-state index in [0.717, 1.165) is 11.3 Å². The summed E-state index contributed by atoms with van der Waals surface area (Å²) in [5, 5.41) is 0. The van der Waals surface area contributed by atoms with Crippen molar-refractivity contribution in [3.05, 3.63) is 48.2 Å². The van der Waals surface area contributed by atoms with Gasteiger partial charge in [-0.2, -0.15) is 0 Å². The first-order valence-corrected chi connectivity index (χ1v) is 7.13. The lowest BCUT2D eigenvalue weighted by Gasteiger charge is -2.28. The summed E-state index contributed by atoms with van der Waals surface area (Å²) in [6.45, 7) is 5.29. The fourth-order valence-corrected chi connectivity index (χ4v) is 2.29. The van der Waals surface area contributed by atoms with Crippen LogP contribution < -0.4 is 5.73 Å². The molecule has 112 valence electrons. The molecule has 2 aromatic rings. The summed E-state index contributed by atoms with van der Waals surface area (Å²) in [5.41, 5.74) is 8.27. The number of nitrogens with one attached hydrogen (secondary N) is 1. The van der Waals surface area contributed by atoms with Gasteiger partial charge in [0.2, 0.25) is 0 Å². The normalized spacial score (nSPS) is 11.4. The molecule has 0 fully saturated rings. The van der Waals surface area contributed by atoms with Crippen LogP contribution in [0.5, 0.6) is 0 Å². The summed E-state index contributed by atoms with van der Waals surface area (Å²) in [7, 11) is 1.81. The molecule has 4 heteroatoms. The maximum absolute atomic E-state index is 12.4. The zero-order chi connectivity index (χ0) is 15.5. The van der Waals surface area contributed by atoms with Crippen LogP contribution in [-0.4, -0.2) is 35.9 Å². The Morgan fingerprint density at radius 3 is 2.48 bits per heavy atom. The lowest BCUT2D eigenvalue weighted by molar-refractivity contribution is 0.0735. The molecule has 21 heavy (non-hydrogen) atoms. The Hall–Kier alpha value is -2.07. The molecule has 1 aromatic heterocycles. The molecule has 0 unspecified atom stereocenters. The highest BCUT2D eigenvalue weighted by Gasteiger charge is 2.22. The quantitative estimate of drug-likeness (QED) is 0.887. The van der Waals surface area contributed by atoms with Gasteiger partial charge in [0.15, 0.2) is 0 Å². The number of carbonyl (C=O) groups is 1. The van der Waals surface area contributed by atoms with Crippen molar-refractivity contribution in [1.82, 2.24) is 9.88 Å². The van der Waals surface area contributed by atoms with Crippen molar-refractivity contribution in [2.75, 3.05) is 20.1 Å². The molecule has 0 aliphatic heterocycles. The van der Waals surface area contributed by atoms with E-state index in [9.17, 15) is 4.79 Å². The predicted molar refractivity (Wildman–Crippen MR) is 86.0 cm³/mol. The summed E-state index contributed by atoms with van der Waals surface area (Å²) in [4.78, 5) is 17.3. The number of hydrogen-bond donors (Lipinski definition) is 2. The molecular weight excluding hydrogens is 262 g/mol. The molecule has 0 spiro atoms. The Labute approximate surface area is 126 Å². The van der Waals surface area contributed by atoms with Crippen molar-refractivity contribution in [2.45, 2.75) is 13.8 Å². The van der Waals surface area contributed by atoms with Crippen LogP contribution >= 0.6 is 0 Å². The molecule has 0 saturated carbocycles. The minimum absolute atomic E-state index is 0.0151. The minimum atomic E-state index is -0.0841. The molecule has 1 aromatic carbocycles. The van der Waals surface area contributed by atoms with E-state index < -0.39 is 0 Å². The van der Waals surface area contributed by atoms with Crippen molar-refractivity contribution in [2.24, 2.45) is 11.1 Å². The van der Waals surface area contributed by atoms with Gasteiger partial charge in [0, 0.05) is 19.3 Å². The van der Waals surface area contributed by atoms with Gasteiger partial charge < -0.3 is 15.6 Å². The molecular formula is C17H23N3O. The van der Waals surface area contributed by atoms with Gasteiger partial charge in [-0.1, -0.05) is 44.2 Å². The highest BCUT2D eigenvalue weighted by Crippen LogP contribution is 2.20. The van der Waals surface area contributed by atoms with E-state index >= 15 is 0 Å². The molecule has 0 atom stereocenters. The Morgan fingerprint density at radius 1 is 1.19 bits per heavy atom. The zero-order valence-corrected chi connectivity index (χ0v) is 12.9. The third-order valence-electron chi connectivity index (χ3n) is 3.57. The van der Waals surface area contributed by atoms with Crippen molar-refractivity contribution in [3.63, 3.8) is 0 Å². The fraction of sp³-hybridized carbons (Fsp3) is 0.353. The maximum atomic E-state index is 12.4. The molecule has 1 heterocycles. The molecule has 3 N–H and O–H groups in total. The number of nitrogens with two attached hydrogens (primary N) is 1. The highest BCUT2D eigenvalue weighted by molar-refractivity contribution is 5.93. The fourth-order valence-electron chi connectivity index (χ4n) is 2.29. The highest BCUT2D eigenvalue weighted by atomic mass is 16.2. The van der Waals surface area contributed by atoms with E-state index in [0.29, 0.717) is 18.8 Å². The van der Waals surface area contributed by atoms with Gasteiger partial charge in [0.05, 0.1) is 0 Å². The molecule has 2 rings (SSSR count). The Morgan fingerprint density at radius 2 is 1.86 bits per heavy atom. The largest absolute Gasteiger partial charge is 0.351 e. The Balaban J connectivity index is 2.12. The first-order valence-electron chi connectivity index (χ1n) is 7.13. The van der Waals surface area contributed by atoms with Crippen LogP contribution in [0.15, 0.2) is 42.5 Å². The van der Waals surface area contributed by atoms with Crippen LogP contribution in [0.4, 0.5) is 0 Å². The van der Waals surface area contributed by atoms with Crippen LogP contribution in [-0.2, 0) is 0 Å². The summed E-state index contributed by atoms with van der Waals surface area (Å²) in [5.74, 6) is -0.0151. The van der Waals surface area contributed by atoms with Gasteiger partial charge in [-0.25, -0.2) is 0 Å². The number of carbonyl (C=O) groups excluding carboxylic acids is 1. The van der Waals surface area contributed by atoms with Crippen LogP contribution in [0, 0.1) is 5.41 Å². The maximum Gasteiger partial charge on any atom is 0.270 e. The second-order valence-electron chi connectivity index (χ2n) is 6.18. The number of amides is 1. The van der Waals surface area contributed by atoms with Gasteiger partial charge >= 0.3 is 0 Å². The van der Waals surface area contributed by atoms with Crippen LogP contribution in [0.25, 0.3) is 11.3 Å². The van der Waals surface area contributed by atoms with Crippen molar-refractivity contribution < 1.29 is 4.79 Å². The minimum Gasteiger partial charge on any atom is -0.351 e. The van der Waals surface area contributed by atoms with Gasteiger partial charge in [-0.3, -0.25) is 4.79 Å². The molecule has 1 amide bonds. The Bertz CT molecular complexity index is 602. The first kappa shape index (κ1) is 15.3. The molecule has 0 saturated heterocycles. The average Bonchev–Trinajstić information content (AvgIpc) is 2.96. The number of H-pyrrole nitrogens is 1. The van der Waals surface area contributed by atoms with Gasteiger partial charge in [0.1, 0.15) is 5.69 Å². The SMILES string of the molecule is CN(CC(C)(C)CN)C(=O)c1ccc(-c2ccccc2)[nH]1. The number of aromatic nitrogens is 1. The first-order chi connectivity index (χ1) is 9.93. The lowest BCUT2D eigenvalue weighted by atomic mass is 9.93.